The lowest BCUT2D eigenvalue weighted by Gasteiger charge is -2.13. The number of nitrogens with one attached hydrogen (secondary N) is 3. The molecule has 1 saturated carbocycles. The number of sulfonamides is 1. The summed E-state index contributed by atoms with van der Waals surface area (Å²) in [6, 6.07) is 7.65. The van der Waals surface area contributed by atoms with Crippen LogP contribution in [0.15, 0.2) is 29.2 Å². The Balaban J connectivity index is 1.58. The SMILES string of the molecule is O=S(=O)(NC1CC1)c1ccc(NCC2CCCN2)cc1. The lowest BCUT2D eigenvalue weighted by molar-refractivity contribution is 0.581. The molecule has 1 aromatic carbocycles. The summed E-state index contributed by atoms with van der Waals surface area (Å²) in [4.78, 5) is 0.342. The molecule has 1 atom stereocenters. The predicted octanol–water partition coefficient (Wildman–Crippen LogP) is 1.29. The molecule has 1 heterocycles. The Bertz CT molecular complexity index is 546. The van der Waals surface area contributed by atoms with Crippen LogP contribution in [0.4, 0.5) is 5.69 Å². The van der Waals surface area contributed by atoms with Crippen molar-refractivity contribution in [2.24, 2.45) is 0 Å². The Hall–Kier alpha value is -1.11. The number of hydrogen-bond donors (Lipinski definition) is 3. The molecule has 0 bridgehead atoms. The molecule has 0 spiro atoms. The van der Waals surface area contributed by atoms with E-state index >= 15 is 0 Å². The van der Waals surface area contributed by atoms with Crippen LogP contribution in [0.25, 0.3) is 0 Å². The molecule has 5 nitrogen and oxygen atoms in total. The van der Waals surface area contributed by atoms with Crippen LogP contribution in [0.3, 0.4) is 0 Å². The first kappa shape index (κ1) is 13.9. The van der Waals surface area contributed by atoms with Crippen LogP contribution in [0.5, 0.6) is 0 Å². The molecule has 2 aliphatic rings. The van der Waals surface area contributed by atoms with E-state index in [9.17, 15) is 8.42 Å². The van der Waals surface area contributed by atoms with E-state index in [1.165, 1.54) is 12.8 Å². The molecular weight excluding hydrogens is 274 g/mol. The summed E-state index contributed by atoms with van der Waals surface area (Å²) in [6.07, 6.45) is 4.33. The van der Waals surface area contributed by atoms with Gasteiger partial charge in [0.1, 0.15) is 0 Å². The van der Waals surface area contributed by atoms with Gasteiger partial charge in [-0.2, -0.15) is 0 Å². The fraction of sp³-hybridized carbons (Fsp3) is 0.571. The van der Waals surface area contributed by atoms with E-state index in [4.69, 9.17) is 0 Å². The van der Waals surface area contributed by atoms with Crippen LogP contribution < -0.4 is 15.4 Å². The second-order valence-corrected chi connectivity index (χ2v) is 7.31. The zero-order valence-corrected chi connectivity index (χ0v) is 12.2. The lowest BCUT2D eigenvalue weighted by Crippen LogP contribution is -2.29. The normalized spacial score (nSPS) is 22.9. The van der Waals surface area contributed by atoms with E-state index in [0.29, 0.717) is 10.9 Å². The third kappa shape index (κ3) is 3.50. The fourth-order valence-electron chi connectivity index (χ4n) is 2.41. The van der Waals surface area contributed by atoms with Gasteiger partial charge in [0.05, 0.1) is 4.90 Å². The van der Waals surface area contributed by atoms with Gasteiger partial charge >= 0.3 is 0 Å². The molecule has 1 aromatic rings. The molecule has 0 radical (unpaired) electrons. The molecular formula is C14H21N3O2S. The number of hydrogen-bond acceptors (Lipinski definition) is 4. The topological polar surface area (TPSA) is 70.2 Å². The molecule has 1 saturated heterocycles. The molecule has 6 heteroatoms. The standard InChI is InChI=1S/C14H21N3O2S/c18-20(19,17-12-3-4-12)14-7-5-11(6-8-14)16-10-13-2-1-9-15-13/h5-8,12-13,15-17H,1-4,9-10H2. The second kappa shape index (κ2) is 5.71. The van der Waals surface area contributed by atoms with E-state index in [0.717, 1.165) is 31.6 Å². The fourth-order valence-corrected chi connectivity index (χ4v) is 3.72. The molecule has 0 aromatic heterocycles. The molecule has 0 amide bonds. The summed E-state index contributed by atoms with van der Waals surface area (Å²) in [7, 11) is -3.33. The van der Waals surface area contributed by atoms with Crippen molar-refractivity contribution in [1.82, 2.24) is 10.0 Å². The third-order valence-electron chi connectivity index (χ3n) is 3.78. The molecule has 1 aliphatic carbocycles. The van der Waals surface area contributed by atoms with Gasteiger partial charge < -0.3 is 10.6 Å². The molecule has 1 aliphatic heterocycles. The highest BCUT2D eigenvalue weighted by molar-refractivity contribution is 7.89. The van der Waals surface area contributed by atoms with E-state index < -0.39 is 10.0 Å². The van der Waals surface area contributed by atoms with E-state index in [-0.39, 0.29) is 6.04 Å². The van der Waals surface area contributed by atoms with Gasteiger partial charge in [0.25, 0.3) is 0 Å². The van der Waals surface area contributed by atoms with Crippen molar-refractivity contribution in [3.05, 3.63) is 24.3 Å². The zero-order chi connectivity index (χ0) is 14.0. The van der Waals surface area contributed by atoms with Gasteiger partial charge in [-0.3, -0.25) is 0 Å². The van der Waals surface area contributed by atoms with Gasteiger partial charge in [-0.1, -0.05) is 0 Å². The van der Waals surface area contributed by atoms with Crippen molar-refractivity contribution < 1.29 is 8.42 Å². The Morgan fingerprint density at radius 3 is 2.50 bits per heavy atom. The molecule has 1 unspecified atom stereocenters. The minimum atomic E-state index is -3.33. The number of benzene rings is 1. The maximum Gasteiger partial charge on any atom is 0.240 e. The van der Waals surface area contributed by atoms with E-state index in [2.05, 4.69) is 15.4 Å². The average Bonchev–Trinajstić information content (AvgIpc) is 3.08. The molecule has 3 N–H and O–H groups in total. The monoisotopic (exact) mass is 295 g/mol. The largest absolute Gasteiger partial charge is 0.383 e. The summed E-state index contributed by atoms with van der Waals surface area (Å²) < 4.78 is 26.7. The highest BCUT2D eigenvalue weighted by Gasteiger charge is 2.27. The predicted molar refractivity (Wildman–Crippen MR) is 79.3 cm³/mol. The van der Waals surface area contributed by atoms with E-state index in [1.54, 1.807) is 12.1 Å². The maximum atomic E-state index is 12.0. The van der Waals surface area contributed by atoms with Crippen LogP contribution in [-0.2, 0) is 10.0 Å². The summed E-state index contributed by atoms with van der Waals surface area (Å²) in [6.45, 7) is 1.97. The van der Waals surface area contributed by atoms with Crippen molar-refractivity contribution in [1.29, 1.82) is 0 Å². The zero-order valence-electron chi connectivity index (χ0n) is 11.4. The average molecular weight is 295 g/mol. The highest BCUT2D eigenvalue weighted by atomic mass is 32.2. The quantitative estimate of drug-likeness (QED) is 0.739. The Labute approximate surface area is 120 Å². The Morgan fingerprint density at radius 2 is 1.90 bits per heavy atom. The summed E-state index contributed by atoms with van der Waals surface area (Å²) in [5, 5.41) is 6.76. The summed E-state index contributed by atoms with van der Waals surface area (Å²) >= 11 is 0. The smallest absolute Gasteiger partial charge is 0.240 e. The Morgan fingerprint density at radius 1 is 1.15 bits per heavy atom. The minimum absolute atomic E-state index is 0.145. The van der Waals surface area contributed by atoms with Gasteiger partial charge in [-0.15, -0.1) is 0 Å². The number of anilines is 1. The lowest BCUT2D eigenvalue weighted by atomic mass is 10.2. The maximum absolute atomic E-state index is 12.0. The van der Waals surface area contributed by atoms with Gasteiger partial charge in [0, 0.05) is 24.3 Å². The first-order valence-electron chi connectivity index (χ1n) is 7.23. The molecule has 20 heavy (non-hydrogen) atoms. The van der Waals surface area contributed by atoms with Crippen molar-refractivity contribution in [3.63, 3.8) is 0 Å². The summed E-state index contributed by atoms with van der Waals surface area (Å²) in [5.41, 5.74) is 0.962. The van der Waals surface area contributed by atoms with Crippen molar-refractivity contribution in [2.75, 3.05) is 18.4 Å². The van der Waals surface area contributed by atoms with Gasteiger partial charge in [-0.25, -0.2) is 13.1 Å². The molecule has 3 rings (SSSR count). The summed E-state index contributed by atoms with van der Waals surface area (Å²) in [5.74, 6) is 0. The van der Waals surface area contributed by atoms with Crippen LogP contribution in [0.1, 0.15) is 25.7 Å². The first-order chi connectivity index (χ1) is 9.63. The second-order valence-electron chi connectivity index (χ2n) is 5.59. The van der Waals surface area contributed by atoms with Gasteiger partial charge in [0.2, 0.25) is 10.0 Å². The van der Waals surface area contributed by atoms with Gasteiger partial charge in [-0.05, 0) is 56.5 Å². The van der Waals surface area contributed by atoms with Crippen LogP contribution in [-0.4, -0.2) is 33.6 Å². The highest BCUT2D eigenvalue weighted by Crippen LogP contribution is 2.22. The van der Waals surface area contributed by atoms with Gasteiger partial charge in [0.15, 0.2) is 0 Å². The van der Waals surface area contributed by atoms with Crippen molar-refractivity contribution in [2.45, 2.75) is 42.7 Å². The first-order valence-corrected chi connectivity index (χ1v) is 8.71. The van der Waals surface area contributed by atoms with Crippen LogP contribution in [0.2, 0.25) is 0 Å². The van der Waals surface area contributed by atoms with Crippen molar-refractivity contribution >= 4 is 15.7 Å². The van der Waals surface area contributed by atoms with Crippen molar-refractivity contribution in [3.8, 4) is 0 Å². The molecule has 2 fully saturated rings. The number of rotatable bonds is 6. The van der Waals surface area contributed by atoms with E-state index in [1.807, 2.05) is 12.1 Å². The molecule has 110 valence electrons. The minimum Gasteiger partial charge on any atom is -0.383 e. The third-order valence-corrected chi connectivity index (χ3v) is 5.32. The van der Waals surface area contributed by atoms with Crippen LogP contribution in [0, 0.1) is 0 Å². The Kier molecular flexibility index (Phi) is 3.96. The van der Waals surface area contributed by atoms with Crippen LogP contribution >= 0.6 is 0 Å².